The molecule has 0 atom stereocenters. The minimum atomic E-state index is -4.35. The van der Waals surface area contributed by atoms with Crippen molar-refractivity contribution in [1.82, 2.24) is 10.2 Å². The zero-order valence-electron chi connectivity index (χ0n) is 9.48. The number of rotatable bonds is 1. The number of benzene rings is 1. The van der Waals surface area contributed by atoms with Crippen molar-refractivity contribution in [2.75, 3.05) is 0 Å². The third kappa shape index (κ3) is 2.19. The summed E-state index contributed by atoms with van der Waals surface area (Å²) in [6.07, 6.45) is -2.75. The molecule has 2 heterocycles. The zero-order chi connectivity index (χ0) is 13.5. The Morgan fingerprint density at radius 3 is 2.74 bits per heavy atom. The van der Waals surface area contributed by atoms with Crippen molar-refractivity contribution in [2.24, 2.45) is 0 Å². The Morgan fingerprint density at radius 2 is 1.95 bits per heavy atom. The highest BCUT2D eigenvalue weighted by molar-refractivity contribution is 7.17. The van der Waals surface area contributed by atoms with E-state index in [9.17, 15) is 13.2 Å². The molecule has 96 valence electrons. The van der Waals surface area contributed by atoms with Gasteiger partial charge in [0.2, 0.25) is 0 Å². The Hall–Kier alpha value is -1.95. The predicted molar refractivity (Wildman–Crippen MR) is 67.9 cm³/mol. The molecule has 0 bridgehead atoms. The molecule has 0 amide bonds. The van der Waals surface area contributed by atoms with Gasteiger partial charge in [0.15, 0.2) is 0 Å². The number of fused-ring (bicyclic) bond motifs is 1. The van der Waals surface area contributed by atoms with Gasteiger partial charge in [0, 0.05) is 10.9 Å². The van der Waals surface area contributed by atoms with Crippen LogP contribution in [0.25, 0.3) is 21.3 Å². The van der Waals surface area contributed by atoms with Crippen LogP contribution < -0.4 is 0 Å². The van der Waals surface area contributed by atoms with Gasteiger partial charge in [-0.05, 0) is 23.6 Å². The molecule has 6 heteroatoms. The Labute approximate surface area is 110 Å². The molecule has 3 aromatic rings. The van der Waals surface area contributed by atoms with E-state index in [2.05, 4.69) is 10.2 Å². The molecular weight excluding hydrogens is 273 g/mol. The van der Waals surface area contributed by atoms with E-state index >= 15 is 0 Å². The fourth-order valence-electron chi connectivity index (χ4n) is 1.84. The largest absolute Gasteiger partial charge is 0.416 e. The highest BCUT2D eigenvalue weighted by atomic mass is 32.1. The first kappa shape index (κ1) is 12.1. The number of alkyl halides is 3. The number of aromatic nitrogens is 2. The van der Waals surface area contributed by atoms with Crippen molar-refractivity contribution in [3.8, 4) is 11.3 Å². The molecule has 19 heavy (non-hydrogen) atoms. The van der Waals surface area contributed by atoms with Crippen LogP contribution in [0.3, 0.4) is 0 Å². The van der Waals surface area contributed by atoms with Crippen molar-refractivity contribution in [2.45, 2.75) is 6.18 Å². The lowest BCUT2D eigenvalue weighted by atomic mass is 10.1. The molecule has 0 fully saturated rings. The lowest BCUT2D eigenvalue weighted by Gasteiger charge is -2.08. The summed E-state index contributed by atoms with van der Waals surface area (Å²) in [5, 5.41) is 10.5. The van der Waals surface area contributed by atoms with Crippen LogP contribution in [-0.4, -0.2) is 10.2 Å². The molecule has 1 aromatic carbocycles. The lowest BCUT2D eigenvalue weighted by molar-refractivity contribution is -0.137. The van der Waals surface area contributed by atoms with Crippen molar-refractivity contribution >= 4 is 21.4 Å². The second kappa shape index (κ2) is 4.31. The molecule has 2 nitrogen and oxygen atoms in total. The van der Waals surface area contributed by atoms with Gasteiger partial charge in [0.1, 0.15) is 5.69 Å². The van der Waals surface area contributed by atoms with Gasteiger partial charge in [-0.15, -0.1) is 16.4 Å². The van der Waals surface area contributed by atoms with E-state index in [1.807, 2.05) is 11.4 Å². The van der Waals surface area contributed by atoms with Gasteiger partial charge in [-0.1, -0.05) is 12.1 Å². The second-order valence-electron chi connectivity index (χ2n) is 3.98. The molecule has 0 aliphatic heterocycles. The SMILES string of the molecule is FC(F)(F)c1cccc(-c2nncc3ccsc23)c1. The van der Waals surface area contributed by atoms with Gasteiger partial charge in [-0.25, -0.2) is 0 Å². The first-order chi connectivity index (χ1) is 9.05. The smallest absolute Gasteiger partial charge is 0.166 e. The average Bonchev–Trinajstić information content (AvgIpc) is 2.86. The van der Waals surface area contributed by atoms with Crippen LogP contribution in [0, 0.1) is 0 Å². The van der Waals surface area contributed by atoms with E-state index in [-0.39, 0.29) is 0 Å². The van der Waals surface area contributed by atoms with Crippen LogP contribution in [0.15, 0.2) is 41.9 Å². The first-order valence-electron chi connectivity index (χ1n) is 5.42. The summed E-state index contributed by atoms with van der Waals surface area (Å²) in [6.45, 7) is 0. The maximum absolute atomic E-state index is 12.7. The molecule has 0 aliphatic carbocycles. The Kier molecular flexibility index (Phi) is 2.74. The summed E-state index contributed by atoms with van der Waals surface area (Å²) in [4.78, 5) is 0. The van der Waals surface area contributed by atoms with Gasteiger partial charge in [-0.3, -0.25) is 0 Å². The third-order valence-corrected chi connectivity index (χ3v) is 3.67. The molecular formula is C13H7F3N2S. The molecule has 2 aromatic heterocycles. The van der Waals surface area contributed by atoms with Gasteiger partial charge in [0.05, 0.1) is 16.5 Å². The quantitative estimate of drug-likeness (QED) is 0.661. The summed E-state index contributed by atoms with van der Waals surface area (Å²) < 4.78 is 39.0. The molecule has 0 saturated carbocycles. The van der Waals surface area contributed by atoms with Crippen LogP contribution in [0.4, 0.5) is 13.2 Å². The molecule has 0 N–H and O–H groups in total. The lowest BCUT2D eigenvalue weighted by Crippen LogP contribution is -2.04. The Bertz CT molecular complexity index is 734. The zero-order valence-corrected chi connectivity index (χ0v) is 10.3. The number of nitrogens with zero attached hydrogens (tertiary/aromatic N) is 2. The molecule has 3 rings (SSSR count). The van der Waals surface area contributed by atoms with E-state index in [1.165, 1.54) is 17.4 Å². The highest BCUT2D eigenvalue weighted by Gasteiger charge is 2.30. The van der Waals surface area contributed by atoms with E-state index < -0.39 is 11.7 Å². The summed E-state index contributed by atoms with van der Waals surface area (Å²) in [6, 6.07) is 7.01. The molecule has 0 unspecified atom stereocenters. The summed E-state index contributed by atoms with van der Waals surface area (Å²) in [7, 11) is 0. The van der Waals surface area contributed by atoms with E-state index in [0.717, 1.165) is 22.2 Å². The van der Waals surface area contributed by atoms with Crippen molar-refractivity contribution in [3.63, 3.8) is 0 Å². The maximum atomic E-state index is 12.7. The van der Waals surface area contributed by atoms with E-state index in [1.54, 1.807) is 12.3 Å². The standard InChI is InChI=1S/C13H7F3N2S/c14-13(15,16)10-3-1-2-8(6-10)11-12-9(4-5-19-12)7-17-18-11/h1-7H. The van der Waals surface area contributed by atoms with Crippen molar-refractivity contribution < 1.29 is 13.2 Å². The summed E-state index contributed by atoms with van der Waals surface area (Å²) in [5.74, 6) is 0. The topological polar surface area (TPSA) is 25.8 Å². The summed E-state index contributed by atoms with van der Waals surface area (Å²) in [5.41, 5.74) is 0.231. The fraction of sp³-hybridized carbons (Fsp3) is 0.0769. The predicted octanol–water partition coefficient (Wildman–Crippen LogP) is 4.38. The first-order valence-corrected chi connectivity index (χ1v) is 6.30. The third-order valence-electron chi connectivity index (χ3n) is 2.73. The van der Waals surface area contributed by atoms with Crippen LogP contribution in [0.2, 0.25) is 0 Å². The number of halogens is 3. The Balaban J connectivity index is 2.19. The van der Waals surface area contributed by atoms with E-state index in [4.69, 9.17) is 0 Å². The number of hydrogen-bond acceptors (Lipinski definition) is 3. The molecule has 0 spiro atoms. The highest BCUT2D eigenvalue weighted by Crippen LogP contribution is 2.34. The van der Waals surface area contributed by atoms with Gasteiger partial charge in [-0.2, -0.15) is 18.3 Å². The molecule has 0 aliphatic rings. The number of hydrogen-bond donors (Lipinski definition) is 0. The van der Waals surface area contributed by atoms with Crippen LogP contribution in [0.1, 0.15) is 5.56 Å². The van der Waals surface area contributed by atoms with Crippen LogP contribution in [0.5, 0.6) is 0 Å². The average molecular weight is 280 g/mol. The normalized spacial score (nSPS) is 11.9. The van der Waals surface area contributed by atoms with Gasteiger partial charge in [0.25, 0.3) is 0 Å². The van der Waals surface area contributed by atoms with Crippen LogP contribution in [-0.2, 0) is 6.18 Å². The maximum Gasteiger partial charge on any atom is 0.416 e. The molecule has 0 saturated heterocycles. The summed E-state index contributed by atoms with van der Waals surface area (Å²) >= 11 is 1.44. The fourth-order valence-corrected chi connectivity index (χ4v) is 2.72. The van der Waals surface area contributed by atoms with E-state index in [0.29, 0.717) is 11.3 Å². The minimum absolute atomic E-state index is 0.426. The monoisotopic (exact) mass is 280 g/mol. The van der Waals surface area contributed by atoms with Crippen molar-refractivity contribution in [3.05, 3.63) is 47.5 Å². The Morgan fingerprint density at radius 1 is 1.11 bits per heavy atom. The minimum Gasteiger partial charge on any atom is -0.166 e. The van der Waals surface area contributed by atoms with Gasteiger partial charge >= 0.3 is 6.18 Å². The second-order valence-corrected chi connectivity index (χ2v) is 4.89. The number of thiophene rings is 1. The van der Waals surface area contributed by atoms with Crippen molar-refractivity contribution in [1.29, 1.82) is 0 Å². The van der Waals surface area contributed by atoms with Gasteiger partial charge < -0.3 is 0 Å². The van der Waals surface area contributed by atoms with Crippen LogP contribution >= 0.6 is 11.3 Å². The molecule has 0 radical (unpaired) electrons.